The molecule has 1 atom stereocenters. The third-order valence-corrected chi connectivity index (χ3v) is 5.27. The van der Waals surface area contributed by atoms with Crippen molar-refractivity contribution in [3.05, 3.63) is 51.8 Å². The molecule has 3 rings (SSSR count). The lowest BCUT2D eigenvalue weighted by Gasteiger charge is -2.35. The Morgan fingerprint density at radius 1 is 1.20 bits per heavy atom. The number of benzene rings is 1. The van der Waals surface area contributed by atoms with Gasteiger partial charge in [0.25, 0.3) is 0 Å². The summed E-state index contributed by atoms with van der Waals surface area (Å²) in [6.07, 6.45) is 2.11. The summed E-state index contributed by atoms with van der Waals surface area (Å²) in [5, 5.41) is 0. The molecule has 0 amide bonds. The van der Waals surface area contributed by atoms with E-state index in [2.05, 4.69) is 35.0 Å². The van der Waals surface area contributed by atoms with Crippen LogP contribution in [0.4, 0.5) is 5.69 Å². The molecular formula is C21H26N2O2. The first-order chi connectivity index (χ1) is 11.8. The van der Waals surface area contributed by atoms with E-state index in [4.69, 9.17) is 0 Å². The lowest BCUT2D eigenvalue weighted by Crippen LogP contribution is -2.42. The molecule has 1 aliphatic heterocycles. The largest absolute Gasteiger partial charge is 0.361 e. The zero-order chi connectivity index (χ0) is 18.3. The van der Waals surface area contributed by atoms with Crippen LogP contribution < -0.4 is 4.90 Å². The number of carbonyl (C=O) groups excluding carboxylic acids is 2. The molecule has 0 fully saturated rings. The summed E-state index contributed by atoms with van der Waals surface area (Å²) in [5.74, 6) is 0.0401. The number of fused-ring (bicyclic) bond motifs is 1. The smallest absolute Gasteiger partial charge is 0.201 e. The predicted octanol–water partition coefficient (Wildman–Crippen LogP) is 4.17. The van der Waals surface area contributed by atoms with Crippen LogP contribution in [0.2, 0.25) is 0 Å². The summed E-state index contributed by atoms with van der Waals surface area (Å²) in [4.78, 5) is 30.3. The van der Waals surface area contributed by atoms with Crippen molar-refractivity contribution < 1.29 is 9.59 Å². The van der Waals surface area contributed by atoms with E-state index in [1.807, 2.05) is 20.8 Å². The topological polar surface area (TPSA) is 53.2 Å². The van der Waals surface area contributed by atoms with E-state index in [1.165, 1.54) is 11.1 Å². The molecule has 4 heteroatoms. The van der Waals surface area contributed by atoms with Crippen molar-refractivity contribution in [2.45, 2.75) is 53.5 Å². The second kappa shape index (κ2) is 6.51. The highest BCUT2D eigenvalue weighted by Crippen LogP contribution is 2.31. The summed E-state index contributed by atoms with van der Waals surface area (Å²) in [6.45, 7) is 10.2. The van der Waals surface area contributed by atoms with Crippen LogP contribution in [0.25, 0.3) is 0 Å². The summed E-state index contributed by atoms with van der Waals surface area (Å²) >= 11 is 0. The average Bonchev–Trinajstić information content (AvgIpc) is 2.87. The van der Waals surface area contributed by atoms with Gasteiger partial charge >= 0.3 is 0 Å². The Bertz CT molecular complexity index is 848. The van der Waals surface area contributed by atoms with Crippen molar-refractivity contribution in [1.82, 2.24) is 4.98 Å². The highest BCUT2D eigenvalue weighted by atomic mass is 16.1. The van der Waals surface area contributed by atoms with Crippen molar-refractivity contribution in [3.63, 3.8) is 0 Å². The van der Waals surface area contributed by atoms with Gasteiger partial charge in [-0.2, -0.15) is 0 Å². The number of aromatic nitrogens is 1. The first kappa shape index (κ1) is 17.5. The van der Waals surface area contributed by atoms with Gasteiger partial charge in [-0.15, -0.1) is 0 Å². The third-order valence-electron chi connectivity index (χ3n) is 5.27. The minimum Gasteiger partial charge on any atom is -0.361 e. The Labute approximate surface area is 149 Å². The molecule has 0 saturated heterocycles. The molecule has 1 N–H and O–H groups in total. The molecule has 132 valence electrons. The quantitative estimate of drug-likeness (QED) is 0.852. The van der Waals surface area contributed by atoms with E-state index >= 15 is 0 Å². The summed E-state index contributed by atoms with van der Waals surface area (Å²) in [5.41, 5.74) is 6.47. The maximum atomic E-state index is 13.1. The molecule has 2 heterocycles. The van der Waals surface area contributed by atoms with Crippen molar-refractivity contribution in [2.75, 3.05) is 11.4 Å². The van der Waals surface area contributed by atoms with Crippen LogP contribution in [0.3, 0.4) is 0 Å². The number of ketones is 2. The van der Waals surface area contributed by atoms with Crippen molar-refractivity contribution in [3.8, 4) is 0 Å². The number of Topliss-reactive ketones (excluding diaryl/α,β-unsaturated/α-hetero) is 2. The second-order valence-corrected chi connectivity index (χ2v) is 7.15. The molecule has 1 aromatic heterocycles. The van der Waals surface area contributed by atoms with Gasteiger partial charge in [0, 0.05) is 23.5 Å². The van der Waals surface area contributed by atoms with Gasteiger partial charge in [-0.05, 0) is 64.7 Å². The zero-order valence-electron chi connectivity index (χ0n) is 15.7. The maximum Gasteiger partial charge on any atom is 0.201 e. The average molecular weight is 338 g/mol. The molecule has 0 aliphatic carbocycles. The van der Waals surface area contributed by atoms with Crippen LogP contribution in [0.5, 0.6) is 0 Å². The fourth-order valence-corrected chi connectivity index (χ4v) is 4.03. The Hall–Kier alpha value is -2.36. The van der Waals surface area contributed by atoms with Gasteiger partial charge in [0.15, 0.2) is 5.78 Å². The van der Waals surface area contributed by atoms with E-state index in [0.29, 0.717) is 11.3 Å². The molecular weight excluding hydrogens is 312 g/mol. The van der Waals surface area contributed by atoms with E-state index < -0.39 is 0 Å². The van der Waals surface area contributed by atoms with Gasteiger partial charge in [-0.3, -0.25) is 9.59 Å². The third kappa shape index (κ3) is 3.01. The number of aryl methyl sites for hydroxylation is 3. The predicted molar refractivity (Wildman–Crippen MR) is 101 cm³/mol. The number of hydrogen-bond donors (Lipinski definition) is 1. The highest BCUT2D eigenvalue weighted by molar-refractivity contribution is 6.06. The molecule has 1 unspecified atom stereocenters. The van der Waals surface area contributed by atoms with Gasteiger partial charge < -0.3 is 9.88 Å². The highest BCUT2D eigenvalue weighted by Gasteiger charge is 2.29. The van der Waals surface area contributed by atoms with Crippen LogP contribution in [0.1, 0.15) is 63.5 Å². The monoisotopic (exact) mass is 338 g/mol. The molecule has 4 nitrogen and oxygen atoms in total. The molecule has 1 aromatic carbocycles. The minimum absolute atomic E-state index is 0.00301. The SMILES string of the molecule is CC(=O)c1c(C)[nH]c(C(=O)C(C)N2CCCc3cc(C)ccc32)c1C. The zero-order valence-corrected chi connectivity index (χ0v) is 15.7. The van der Waals surface area contributed by atoms with Crippen LogP contribution in [0.15, 0.2) is 18.2 Å². The minimum atomic E-state index is -0.265. The van der Waals surface area contributed by atoms with Gasteiger partial charge in [0.1, 0.15) is 0 Å². The fourth-order valence-electron chi connectivity index (χ4n) is 4.03. The summed E-state index contributed by atoms with van der Waals surface area (Å²) in [7, 11) is 0. The molecule has 0 spiro atoms. The van der Waals surface area contributed by atoms with Gasteiger partial charge in [0.05, 0.1) is 11.7 Å². The Morgan fingerprint density at radius 3 is 2.56 bits per heavy atom. The molecule has 2 aromatic rings. The van der Waals surface area contributed by atoms with Crippen molar-refractivity contribution in [1.29, 1.82) is 0 Å². The fraction of sp³-hybridized carbons (Fsp3) is 0.429. The van der Waals surface area contributed by atoms with Gasteiger partial charge in [0.2, 0.25) is 5.78 Å². The Morgan fingerprint density at radius 2 is 1.92 bits per heavy atom. The molecule has 0 radical (unpaired) electrons. The number of rotatable bonds is 4. The Kier molecular flexibility index (Phi) is 4.55. The summed E-state index contributed by atoms with van der Waals surface area (Å²) in [6, 6.07) is 6.18. The summed E-state index contributed by atoms with van der Waals surface area (Å²) < 4.78 is 0. The number of carbonyl (C=O) groups is 2. The van der Waals surface area contributed by atoms with Gasteiger partial charge in [-0.1, -0.05) is 17.7 Å². The van der Waals surface area contributed by atoms with E-state index in [-0.39, 0.29) is 17.6 Å². The first-order valence-corrected chi connectivity index (χ1v) is 8.91. The normalized spacial score (nSPS) is 15.0. The lowest BCUT2D eigenvalue weighted by molar-refractivity contribution is 0.0958. The molecule has 25 heavy (non-hydrogen) atoms. The Balaban J connectivity index is 1.95. The van der Waals surface area contributed by atoms with Crippen LogP contribution in [-0.4, -0.2) is 29.1 Å². The number of nitrogens with zero attached hydrogens (tertiary/aromatic N) is 1. The number of hydrogen-bond acceptors (Lipinski definition) is 3. The first-order valence-electron chi connectivity index (χ1n) is 8.91. The number of H-pyrrole nitrogens is 1. The number of aromatic amines is 1. The van der Waals surface area contributed by atoms with Crippen LogP contribution >= 0.6 is 0 Å². The van der Waals surface area contributed by atoms with Gasteiger partial charge in [-0.25, -0.2) is 0 Å². The maximum absolute atomic E-state index is 13.1. The van der Waals surface area contributed by atoms with Crippen molar-refractivity contribution in [2.24, 2.45) is 0 Å². The van der Waals surface area contributed by atoms with Crippen LogP contribution in [-0.2, 0) is 6.42 Å². The second-order valence-electron chi connectivity index (χ2n) is 7.15. The lowest BCUT2D eigenvalue weighted by atomic mass is 9.96. The van der Waals surface area contributed by atoms with E-state index in [9.17, 15) is 9.59 Å². The molecule has 0 saturated carbocycles. The molecule has 1 aliphatic rings. The van der Waals surface area contributed by atoms with E-state index in [1.54, 1.807) is 6.92 Å². The van der Waals surface area contributed by atoms with Crippen molar-refractivity contribution >= 4 is 17.3 Å². The molecule has 0 bridgehead atoms. The number of anilines is 1. The number of nitrogens with one attached hydrogen (secondary N) is 1. The standard InChI is InChI=1S/C21H26N2O2/c1-12-8-9-18-17(11-12)7-6-10-23(18)15(4)21(25)20-13(2)19(16(5)24)14(3)22-20/h8-9,11,15,22H,6-7,10H2,1-5H3. The van der Waals surface area contributed by atoms with E-state index in [0.717, 1.165) is 36.3 Å². The van der Waals surface area contributed by atoms with Crippen LogP contribution in [0, 0.1) is 20.8 Å².